The molecule has 0 saturated carbocycles. The molecule has 0 aromatic heterocycles. The van der Waals surface area contributed by atoms with Crippen molar-refractivity contribution in [3.05, 3.63) is 47.5 Å². The van der Waals surface area contributed by atoms with Gasteiger partial charge in [0.05, 0.1) is 0 Å². The van der Waals surface area contributed by atoms with Crippen molar-refractivity contribution in [2.45, 2.75) is 32.2 Å². The summed E-state index contributed by atoms with van der Waals surface area (Å²) in [7, 11) is 0. The van der Waals surface area contributed by atoms with Gasteiger partial charge >= 0.3 is 0 Å². The van der Waals surface area contributed by atoms with E-state index in [4.69, 9.17) is 5.11 Å². The molecule has 3 nitrogen and oxygen atoms in total. The van der Waals surface area contributed by atoms with Crippen LogP contribution in [-0.2, 0) is 0 Å². The molecule has 0 heterocycles. The molecule has 1 aromatic rings. The monoisotopic (exact) mass is 259 g/mol. The molecule has 1 aliphatic rings. The van der Waals surface area contributed by atoms with Crippen LogP contribution in [0.4, 0.5) is 0 Å². The Bertz CT molecular complexity index is 462. The summed E-state index contributed by atoms with van der Waals surface area (Å²) in [6.45, 7) is 4.41. The number of amides is 1. The highest BCUT2D eigenvalue weighted by molar-refractivity contribution is 5.94. The average molecular weight is 259 g/mol. The van der Waals surface area contributed by atoms with Gasteiger partial charge in [0.15, 0.2) is 0 Å². The fraction of sp³-hybridized carbons (Fsp3) is 0.438. The Morgan fingerprint density at radius 3 is 2.53 bits per heavy atom. The van der Waals surface area contributed by atoms with Crippen molar-refractivity contribution in [1.82, 2.24) is 5.32 Å². The summed E-state index contributed by atoms with van der Waals surface area (Å²) in [6, 6.07) is 7.77. The van der Waals surface area contributed by atoms with Gasteiger partial charge in [-0.25, -0.2) is 0 Å². The fourth-order valence-electron chi connectivity index (χ4n) is 2.29. The van der Waals surface area contributed by atoms with Crippen LogP contribution in [-0.4, -0.2) is 23.7 Å². The normalized spacial score (nSPS) is 21.9. The first-order chi connectivity index (χ1) is 9.10. The van der Waals surface area contributed by atoms with Gasteiger partial charge in [0, 0.05) is 24.1 Å². The molecule has 3 heteroatoms. The molecule has 0 aliphatic heterocycles. The zero-order valence-corrected chi connectivity index (χ0v) is 11.5. The highest BCUT2D eigenvalue weighted by atomic mass is 16.3. The number of carbonyl (C=O) groups is 1. The van der Waals surface area contributed by atoms with E-state index in [9.17, 15) is 4.79 Å². The van der Waals surface area contributed by atoms with Gasteiger partial charge < -0.3 is 10.4 Å². The van der Waals surface area contributed by atoms with Gasteiger partial charge in [-0.05, 0) is 30.0 Å². The molecule has 1 aromatic carbocycles. The SMILES string of the molecule is CC(C)c1ccc(C(=O)N[C@@H]2C=C[C@H](CO)C2)cc1. The molecule has 0 bridgehead atoms. The summed E-state index contributed by atoms with van der Waals surface area (Å²) in [5.41, 5.74) is 1.92. The van der Waals surface area contributed by atoms with Crippen LogP contribution in [0.15, 0.2) is 36.4 Å². The van der Waals surface area contributed by atoms with Crippen LogP contribution in [0.25, 0.3) is 0 Å². The number of hydrogen-bond donors (Lipinski definition) is 2. The van der Waals surface area contributed by atoms with Crippen molar-refractivity contribution < 1.29 is 9.90 Å². The first-order valence-corrected chi connectivity index (χ1v) is 6.80. The Morgan fingerprint density at radius 1 is 1.32 bits per heavy atom. The summed E-state index contributed by atoms with van der Waals surface area (Å²) in [6.07, 6.45) is 4.71. The van der Waals surface area contributed by atoms with Crippen LogP contribution in [0.5, 0.6) is 0 Å². The van der Waals surface area contributed by atoms with Crippen LogP contribution in [0.1, 0.15) is 42.1 Å². The van der Waals surface area contributed by atoms with E-state index in [1.165, 1.54) is 5.56 Å². The van der Waals surface area contributed by atoms with Gasteiger partial charge in [0.1, 0.15) is 0 Å². The number of nitrogens with one attached hydrogen (secondary N) is 1. The van der Waals surface area contributed by atoms with Gasteiger partial charge in [-0.15, -0.1) is 0 Å². The molecule has 0 unspecified atom stereocenters. The molecule has 102 valence electrons. The summed E-state index contributed by atoms with van der Waals surface area (Å²) < 4.78 is 0. The Labute approximate surface area is 114 Å². The van der Waals surface area contributed by atoms with Crippen LogP contribution >= 0.6 is 0 Å². The van der Waals surface area contributed by atoms with Crippen LogP contribution in [0.3, 0.4) is 0 Å². The first kappa shape index (κ1) is 13.8. The van der Waals surface area contributed by atoms with Gasteiger partial charge in [-0.2, -0.15) is 0 Å². The van der Waals surface area contributed by atoms with Crippen molar-refractivity contribution in [3.63, 3.8) is 0 Å². The second kappa shape index (κ2) is 6.02. The fourth-order valence-corrected chi connectivity index (χ4v) is 2.29. The Kier molecular flexibility index (Phi) is 4.38. The topological polar surface area (TPSA) is 49.3 Å². The summed E-state index contributed by atoms with van der Waals surface area (Å²) in [4.78, 5) is 12.1. The van der Waals surface area contributed by atoms with Crippen LogP contribution < -0.4 is 5.32 Å². The number of benzene rings is 1. The van der Waals surface area contributed by atoms with Crippen LogP contribution in [0, 0.1) is 5.92 Å². The van der Waals surface area contributed by atoms with Gasteiger partial charge in [-0.3, -0.25) is 4.79 Å². The van der Waals surface area contributed by atoms with Crippen molar-refractivity contribution in [3.8, 4) is 0 Å². The summed E-state index contributed by atoms with van der Waals surface area (Å²) in [5.74, 6) is 0.595. The number of carbonyl (C=O) groups excluding carboxylic acids is 1. The molecule has 0 spiro atoms. The zero-order chi connectivity index (χ0) is 13.8. The molecule has 1 amide bonds. The number of rotatable bonds is 4. The van der Waals surface area contributed by atoms with E-state index in [0.29, 0.717) is 11.5 Å². The molecular formula is C16H21NO2. The van der Waals surface area contributed by atoms with E-state index in [0.717, 1.165) is 6.42 Å². The lowest BCUT2D eigenvalue weighted by molar-refractivity contribution is 0.0941. The van der Waals surface area contributed by atoms with E-state index in [1.54, 1.807) is 0 Å². The third-order valence-corrected chi connectivity index (χ3v) is 3.56. The molecule has 1 aliphatic carbocycles. The predicted octanol–water partition coefficient (Wildman–Crippen LogP) is 2.48. The standard InChI is InChI=1S/C16H21NO2/c1-11(2)13-4-6-14(7-5-13)16(19)17-15-8-3-12(9-15)10-18/h3-8,11-12,15,18H,9-10H2,1-2H3,(H,17,19)/t12-,15+/m0/s1. The van der Waals surface area contributed by atoms with Gasteiger partial charge in [0.2, 0.25) is 0 Å². The quantitative estimate of drug-likeness (QED) is 0.816. The maximum absolute atomic E-state index is 12.1. The Hall–Kier alpha value is -1.61. The lowest BCUT2D eigenvalue weighted by atomic mass is 10.0. The first-order valence-electron chi connectivity index (χ1n) is 6.80. The summed E-state index contributed by atoms with van der Waals surface area (Å²) in [5, 5.41) is 12.0. The van der Waals surface area contributed by atoms with Crippen molar-refractivity contribution in [2.75, 3.05) is 6.61 Å². The van der Waals surface area contributed by atoms with E-state index < -0.39 is 0 Å². The third-order valence-electron chi connectivity index (χ3n) is 3.56. The molecule has 2 atom stereocenters. The molecule has 19 heavy (non-hydrogen) atoms. The maximum Gasteiger partial charge on any atom is 0.251 e. The van der Waals surface area contributed by atoms with Crippen LogP contribution in [0.2, 0.25) is 0 Å². The highest BCUT2D eigenvalue weighted by Crippen LogP contribution is 2.18. The second-order valence-corrected chi connectivity index (χ2v) is 5.42. The van der Waals surface area contributed by atoms with Crippen molar-refractivity contribution in [2.24, 2.45) is 5.92 Å². The smallest absolute Gasteiger partial charge is 0.251 e. The number of aliphatic hydroxyl groups is 1. The van der Waals surface area contributed by atoms with E-state index in [1.807, 2.05) is 36.4 Å². The lowest BCUT2D eigenvalue weighted by Gasteiger charge is -2.13. The minimum Gasteiger partial charge on any atom is -0.396 e. The third kappa shape index (κ3) is 3.44. The number of hydrogen-bond acceptors (Lipinski definition) is 2. The molecule has 0 radical (unpaired) electrons. The van der Waals surface area contributed by atoms with Gasteiger partial charge in [-0.1, -0.05) is 38.1 Å². The predicted molar refractivity (Wildman–Crippen MR) is 76.1 cm³/mol. The summed E-state index contributed by atoms with van der Waals surface area (Å²) >= 11 is 0. The van der Waals surface area contributed by atoms with Gasteiger partial charge in [0.25, 0.3) is 5.91 Å². The minimum absolute atomic E-state index is 0.0365. The molecule has 0 saturated heterocycles. The molecular weight excluding hydrogens is 238 g/mol. The Balaban J connectivity index is 1.95. The molecule has 2 rings (SSSR count). The average Bonchev–Trinajstić information content (AvgIpc) is 2.86. The minimum atomic E-state index is -0.0523. The van der Waals surface area contributed by atoms with E-state index in [-0.39, 0.29) is 24.5 Å². The van der Waals surface area contributed by atoms with E-state index in [2.05, 4.69) is 19.2 Å². The molecule has 0 fully saturated rings. The highest BCUT2D eigenvalue weighted by Gasteiger charge is 2.20. The van der Waals surface area contributed by atoms with Crippen molar-refractivity contribution in [1.29, 1.82) is 0 Å². The van der Waals surface area contributed by atoms with Crippen molar-refractivity contribution >= 4 is 5.91 Å². The molecule has 2 N–H and O–H groups in total. The lowest BCUT2D eigenvalue weighted by Crippen LogP contribution is -2.32. The second-order valence-electron chi connectivity index (χ2n) is 5.42. The maximum atomic E-state index is 12.1. The zero-order valence-electron chi connectivity index (χ0n) is 11.5. The Morgan fingerprint density at radius 2 is 2.00 bits per heavy atom. The number of aliphatic hydroxyl groups excluding tert-OH is 1. The largest absolute Gasteiger partial charge is 0.396 e. The van der Waals surface area contributed by atoms with E-state index >= 15 is 0 Å².